The van der Waals surface area contributed by atoms with Gasteiger partial charge in [-0.2, -0.15) is 5.26 Å². The second kappa shape index (κ2) is 5.69. The summed E-state index contributed by atoms with van der Waals surface area (Å²) in [5.74, 6) is 0. The van der Waals surface area contributed by atoms with Crippen molar-refractivity contribution in [3.8, 4) is 6.07 Å². The molecule has 3 aromatic rings. The Balaban J connectivity index is 2.08. The molecule has 1 nitrogen and oxygen atoms in total. The highest BCUT2D eigenvalue weighted by molar-refractivity contribution is 7.12. The third kappa shape index (κ3) is 2.25. The highest BCUT2D eigenvalue weighted by Gasteiger charge is 2.46. The molecule has 0 amide bonds. The summed E-state index contributed by atoms with van der Waals surface area (Å²) in [5, 5.41) is 10.5. The number of thiophene rings is 2. The van der Waals surface area contributed by atoms with Crippen molar-refractivity contribution in [2.45, 2.75) is 33.1 Å². The summed E-state index contributed by atoms with van der Waals surface area (Å²) >= 11 is 3.58. The van der Waals surface area contributed by atoms with Crippen molar-refractivity contribution in [2.75, 3.05) is 0 Å². The predicted molar refractivity (Wildman–Crippen MR) is 108 cm³/mol. The summed E-state index contributed by atoms with van der Waals surface area (Å²) in [5.41, 5.74) is 5.02. The zero-order valence-electron chi connectivity index (χ0n) is 14.8. The summed E-state index contributed by atoms with van der Waals surface area (Å²) in [6, 6.07) is 15.5. The minimum Gasteiger partial charge on any atom is -0.197 e. The van der Waals surface area contributed by atoms with Gasteiger partial charge < -0.3 is 0 Å². The van der Waals surface area contributed by atoms with Crippen LogP contribution in [0.4, 0.5) is 0 Å². The third-order valence-electron chi connectivity index (χ3n) is 5.01. The summed E-state index contributed by atoms with van der Waals surface area (Å²) in [7, 11) is 0. The number of allylic oxidation sites excluding steroid dienone is 1. The molecular formula is C22H19NS2. The van der Waals surface area contributed by atoms with E-state index in [-0.39, 0.29) is 0 Å². The standard InChI is InChI=1S/C22H19NS2/c1-13-9-18(15(3)24-13)21-11-17-7-5-6-8-19(17)22(21,12-23)20-10-14(2)25-16(20)4/h5-11H,1-4H3. The van der Waals surface area contributed by atoms with Crippen molar-refractivity contribution in [1.82, 2.24) is 0 Å². The molecule has 0 fully saturated rings. The fourth-order valence-electron chi connectivity index (χ4n) is 4.03. The molecule has 0 aliphatic heterocycles. The number of nitriles is 1. The monoisotopic (exact) mass is 361 g/mol. The van der Waals surface area contributed by atoms with Crippen LogP contribution in [0.1, 0.15) is 41.8 Å². The molecule has 0 radical (unpaired) electrons. The van der Waals surface area contributed by atoms with Crippen LogP contribution in [0.5, 0.6) is 0 Å². The van der Waals surface area contributed by atoms with E-state index in [9.17, 15) is 5.26 Å². The van der Waals surface area contributed by atoms with Gasteiger partial charge in [0.25, 0.3) is 0 Å². The third-order valence-corrected chi connectivity index (χ3v) is 6.94. The van der Waals surface area contributed by atoms with Crippen LogP contribution >= 0.6 is 22.7 Å². The van der Waals surface area contributed by atoms with Gasteiger partial charge in [0.2, 0.25) is 0 Å². The van der Waals surface area contributed by atoms with Crippen molar-refractivity contribution >= 4 is 34.3 Å². The lowest BCUT2D eigenvalue weighted by Crippen LogP contribution is -2.25. The summed E-state index contributed by atoms with van der Waals surface area (Å²) in [4.78, 5) is 5.05. The number of hydrogen-bond donors (Lipinski definition) is 0. The molecular weight excluding hydrogens is 342 g/mol. The van der Waals surface area contributed by atoms with Gasteiger partial charge >= 0.3 is 0 Å². The Hall–Kier alpha value is -2.15. The molecule has 1 aliphatic rings. The molecule has 1 unspecified atom stereocenters. The maximum atomic E-state index is 10.5. The van der Waals surface area contributed by atoms with Gasteiger partial charge in [-0.1, -0.05) is 24.3 Å². The summed E-state index contributed by atoms with van der Waals surface area (Å²) in [6.45, 7) is 8.55. The molecule has 124 valence electrons. The van der Waals surface area contributed by atoms with E-state index in [1.165, 1.54) is 25.1 Å². The maximum absolute atomic E-state index is 10.5. The van der Waals surface area contributed by atoms with Gasteiger partial charge in [0.05, 0.1) is 6.07 Å². The number of aryl methyl sites for hydroxylation is 4. The van der Waals surface area contributed by atoms with Gasteiger partial charge in [-0.15, -0.1) is 22.7 Å². The normalized spacial score (nSPS) is 18.8. The molecule has 25 heavy (non-hydrogen) atoms. The molecule has 0 saturated heterocycles. The van der Waals surface area contributed by atoms with Gasteiger partial charge in [0.15, 0.2) is 0 Å². The average Bonchev–Trinajstić information content (AvgIpc) is 3.20. The number of benzene rings is 1. The van der Waals surface area contributed by atoms with Gasteiger partial charge in [-0.3, -0.25) is 0 Å². The second-order valence-corrected chi connectivity index (χ2v) is 9.58. The first-order valence-electron chi connectivity index (χ1n) is 8.35. The number of nitrogens with zero attached hydrogens (tertiary/aromatic N) is 1. The molecule has 1 aromatic carbocycles. The summed E-state index contributed by atoms with van der Waals surface area (Å²) in [6.07, 6.45) is 2.22. The van der Waals surface area contributed by atoms with Gasteiger partial charge in [-0.25, -0.2) is 0 Å². The topological polar surface area (TPSA) is 23.8 Å². The first-order chi connectivity index (χ1) is 12.0. The number of fused-ring (bicyclic) bond motifs is 1. The first-order valence-corrected chi connectivity index (χ1v) is 9.98. The Morgan fingerprint density at radius 1 is 0.880 bits per heavy atom. The molecule has 2 heterocycles. The van der Waals surface area contributed by atoms with Crippen LogP contribution in [-0.4, -0.2) is 0 Å². The lowest BCUT2D eigenvalue weighted by molar-refractivity contribution is 0.866. The Morgan fingerprint density at radius 3 is 2.16 bits per heavy atom. The molecule has 1 aliphatic carbocycles. The van der Waals surface area contributed by atoms with E-state index in [0.29, 0.717) is 0 Å². The molecule has 3 heteroatoms. The predicted octanol–water partition coefficient (Wildman–Crippen LogP) is 6.41. The second-order valence-electron chi connectivity index (χ2n) is 6.66. The fraction of sp³-hybridized carbons (Fsp3) is 0.227. The average molecular weight is 362 g/mol. The zero-order chi connectivity index (χ0) is 17.8. The van der Waals surface area contributed by atoms with Gasteiger partial charge in [0.1, 0.15) is 5.41 Å². The van der Waals surface area contributed by atoms with Crippen molar-refractivity contribution < 1.29 is 0 Å². The smallest absolute Gasteiger partial charge is 0.134 e. The fourth-order valence-corrected chi connectivity index (χ4v) is 5.95. The van der Waals surface area contributed by atoms with Crippen LogP contribution in [0.25, 0.3) is 11.6 Å². The van der Waals surface area contributed by atoms with E-state index < -0.39 is 5.41 Å². The molecule has 0 spiro atoms. The number of hydrogen-bond acceptors (Lipinski definition) is 3. The SMILES string of the molecule is Cc1cc(C2=Cc3ccccc3C2(C#N)c2cc(C)sc2C)c(C)s1. The molecule has 2 aromatic heterocycles. The van der Waals surface area contributed by atoms with E-state index in [4.69, 9.17) is 0 Å². The van der Waals surface area contributed by atoms with E-state index >= 15 is 0 Å². The Morgan fingerprint density at radius 2 is 1.56 bits per heavy atom. The van der Waals surface area contributed by atoms with E-state index in [1.54, 1.807) is 22.7 Å². The van der Waals surface area contributed by atoms with Crippen molar-refractivity contribution in [2.24, 2.45) is 0 Å². The molecule has 4 rings (SSSR count). The lowest BCUT2D eigenvalue weighted by Gasteiger charge is -2.27. The minimum atomic E-state index is -0.719. The van der Waals surface area contributed by atoms with Crippen LogP contribution in [-0.2, 0) is 5.41 Å². The van der Waals surface area contributed by atoms with Crippen LogP contribution in [0, 0.1) is 39.0 Å². The van der Waals surface area contributed by atoms with Gasteiger partial charge in [-0.05, 0) is 73.7 Å². The molecule has 0 N–H and O–H groups in total. The van der Waals surface area contributed by atoms with Crippen LogP contribution in [0.15, 0.2) is 36.4 Å². The Kier molecular flexibility index (Phi) is 3.72. The van der Waals surface area contributed by atoms with E-state index in [0.717, 1.165) is 22.3 Å². The zero-order valence-corrected chi connectivity index (χ0v) is 16.4. The highest BCUT2D eigenvalue weighted by Crippen LogP contribution is 2.53. The van der Waals surface area contributed by atoms with Crippen molar-refractivity contribution in [3.05, 3.63) is 78.2 Å². The van der Waals surface area contributed by atoms with Crippen LogP contribution in [0.2, 0.25) is 0 Å². The molecule has 0 bridgehead atoms. The number of rotatable bonds is 2. The lowest BCUT2D eigenvalue weighted by atomic mass is 9.71. The first kappa shape index (κ1) is 16.3. The van der Waals surface area contributed by atoms with E-state index in [2.05, 4.69) is 70.2 Å². The Labute approximate surface area is 156 Å². The molecule has 1 atom stereocenters. The van der Waals surface area contributed by atoms with Gasteiger partial charge in [0, 0.05) is 19.5 Å². The van der Waals surface area contributed by atoms with Crippen molar-refractivity contribution in [1.29, 1.82) is 5.26 Å². The quantitative estimate of drug-likeness (QED) is 0.517. The van der Waals surface area contributed by atoms with Crippen molar-refractivity contribution in [3.63, 3.8) is 0 Å². The minimum absolute atomic E-state index is 0.719. The molecule has 0 saturated carbocycles. The summed E-state index contributed by atoms with van der Waals surface area (Å²) < 4.78 is 0. The highest BCUT2D eigenvalue weighted by atomic mass is 32.1. The van der Waals surface area contributed by atoms with E-state index in [1.807, 2.05) is 6.07 Å². The van der Waals surface area contributed by atoms with Crippen LogP contribution < -0.4 is 0 Å². The largest absolute Gasteiger partial charge is 0.197 e. The Bertz CT molecular complexity index is 1060. The van der Waals surface area contributed by atoms with Crippen LogP contribution in [0.3, 0.4) is 0 Å². The maximum Gasteiger partial charge on any atom is 0.134 e.